The summed E-state index contributed by atoms with van der Waals surface area (Å²) >= 11 is 0. The summed E-state index contributed by atoms with van der Waals surface area (Å²) in [6.07, 6.45) is 3.69. The number of benzene rings is 1. The first kappa shape index (κ1) is 16.7. The van der Waals surface area contributed by atoms with E-state index >= 15 is 0 Å². The van der Waals surface area contributed by atoms with Gasteiger partial charge in [0.15, 0.2) is 0 Å². The lowest BCUT2D eigenvalue weighted by Gasteiger charge is -2.24. The minimum atomic E-state index is -0.424. The molecule has 0 saturated carbocycles. The number of carbonyl (C=O) groups is 1. The molecule has 0 aliphatic heterocycles. The van der Waals surface area contributed by atoms with Gasteiger partial charge in [0.2, 0.25) is 5.91 Å². The molecule has 1 aromatic rings. The highest BCUT2D eigenvalue weighted by Crippen LogP contribution is 2.13. The topological polar surface area (TPSA) is 55.1 Å². The lowest BCUT2D eigenvalue weighted by Crippen LogP contribution is -2.46. The van der Waals surface area contributed by atoms with Gasteiger partial charge in [-0.3, -0.25) is 4.79 Å². The van der Waals surface area contributed by atoms with Crippen LogP contribution in [-0.4, -0.2) is 18.0 Å². The van der Waals surface area contributed by atoms with Crippen molar-refractivity contribution >= 4 is 5.91 Å². The molecule has 0 radical (unpaired) electrons. The zero-order valence-corrected chi connectivity index (χ0v) is 12.9. The predicted octanol–water partition coefficient (Wildman–Crippen LogP) is 2.89. The summed E-state index contributed by atoms with van der Waals surface area (Å²) in [5, 5.41) is 3.05. The van der Waals surface area contributed by atoms with E-state index in [2.05, 4.69) is 38.2 Å². The van der Waals surface area contributed by atoms with Crippen molar-refractivity contribution in [2.24, 2.45) is 11.7 Å². The average Bonchev–Trinajstić information content (AvgIpc) is 2.47. The van der Waals surface area contributed by atoms with Gasteiger partial charge in [-0.25, -0.2) is 0 Å². The van der Waals surface area contributed by atoms with E-state index in [9.17, 15) is 4.79 Å². The summed E-state index contributed by atoms with van der Waals surface area (Å²) in [5.41, 5.74) is 7.21. The van der Waals surface area contributed by atoms with Crippen LogP contribution in [0.4, 0.5) is 0 Å². The van der Waals surface area contributed by atoms with Crippen LogP contribution in [0, 0.1) is 5.92 Å². The van der Waals surface area contributed by atoms with E-state index in [0.29, 0.717) is 12.3 Å². The van der Waals surface area contributed by atoms with E-state index < -0.39 is 6.04 Å². The fourth-order valence-corrected chi connectivity index (χ4v) is 2.54. The van der Waals surface area contributed by atoms with E-state index in [1.54, 1.807) is 0 Å². The Kier molecular flexibility index (Phi) is 7.31. The molecule has 3 N–H and O–H groups in total. The second-order valence-electron chi connectivity index (χ2n) is 5.50. The van der Waals surface area contributed by atoms with E-state index in [0.717, 1.165) is 19.3 Å². The third kappa shape index (κ3) is 5.33. The predicted molar refractivity (Wildman–Crippen MR) is 84.4 cm³/mol. The number of amides is 1. The van der Waals surface area contributed by atoms with Crippen molar-refractivity contribution in [3.05, 3.63) is 35.9 Å². The van der Waals surface area contributed by atoms with Crippen LogP contribution in [0.1, 0.15) is 45.6 Å². The highest BCUT2D eigenvalue weighted by Gasteiger charge is 2.19. The molecule has 1 rings (SSSR count). The molecule has 1 aromatic carbocycles. The molecule has 2 unspecified atom stereocenters. The lowest BCUT2D eigenvalue weighted by molar-refractivity contribution is -0.123. The molecule has 1 amide bonds. The number of nitrogens with one attached hydrogen (secondary N) is 1. The largest absolute Gasteiger partial charge is 0.352 e. The van der Waals surface area contributed by atoms with Crippen LogP contribution in [0.25, 0.3) is 0 Å². The standard InChI is InChI=1S/C17H28N2O/c1-4-15(5-2)13(3)19-17(20)16(18)12-11-14-9-7-6-8-10-14/h6-10,13,15-16H,4-5,11-12,18H2,1-3H3,(H,19,20). The lowest BCUT2D eigenvalue weighted by atomic mass is 9.95. The van der Waals surface area contributed by atoms with Crippen LogP contribution in [0.15, 0.2) is 30.3 Å². The molecule has 2 atom stereocenters. The smallest absolute Gasteiger partial charge is 0.237 e. The van der Waals surface area contributed by atoms with E-state index in [4.69, 9.17) is 5.73 Å². The van der Waals surface area contributed by atoms with Crippen molar-refractivity contribution in [3.8, 4) is 0 Å². The summed E-state index contributed by atoms with van der Waals surface area (Å²) in [6, 6.07) is 9.92. The Morgan fingerprint density at radius 1 is 1.20 bits per heavy atom. The first-order chi connectivity index (χ1) is 9.58. The van der Waals surface area contributed by atoms with Crippen molar-refractivity contribution in [3.63, 3.8) is 0 Å². The number of hydrogen-bond donors (Lipinski definition) is 2. The Hall–Kier alpha value is -1.35. The van der Waals surface area contributed by atoms with Crippen LogP contribution < -0.4 is 11.1 Å². The molecule has 0 heterocycles. The Balaban J connectivity index is 2.39. The van der Waals surface area contributed by atoms with Gasteiger partial charge in [-0.05, 0) is 31.2 Å². The molecule has 3 nitrogen and oxygen atoms in total. The van der Waals surface area contributed by atoms with Gasteiger partial charge in [-0.2, -0.15) is 0 Å². The number of rotatable bonds is 8. The third-order valence-corrected chi connectivity index (χ3v) is 4.05. The van der Waals surface area contributed by atoms with Gasteiger partial charge in [0.25, 0.3) is 0 Å². The molecule has 0 aliphatic carbocycles. The highest BCUT2D eigenvalue weighted by molar-refractivity contribution is 5.81. The summed E-state index contributed by atoms with van der Waals surface area (Å²) in [6.45, 7) is 6.39. The van der Waals surface area contributed by atoms with Crippen molar-refractivity contribution < 1.29 is 4.79 Å². The molecule has 0 fully saturated rings. The Morgan fingerprint density at radius 3 is 2.35 bits per heavy atom. The van der Waals surface area contributed by atoms with Crippen LogP contribution in [0.3, 0.4) is 0 Å². The van der Waals surface area contributed by atoms with Gasteiger partial charge in [0.05, 0.1) is 6.04 Å². The van der Waals surface area contributed by atoms with Gasteiger partial charge in [0.1, 0.15) is 0 Å². The quantitative estimate of drug-likeness (QED) is 0.767. The SMILES string of the molecule is CCC(CC)C(C)NC(=O)C(N)CCc1ccccc1. The van der Waals surface area contributed by atoms with Crippen molar-refractivity contribution in [2.45, 2.75) is 58.5 Å². The maximum absolute atomic E-state index is 12.1. The molecular formula is C17H28N2O. The molecule has 3 heteroatoms. The Morgan fingerprint density at radius 2 is 1.80 bits per heavy atom. The Bertz CT molecular complexity index is 387. The maximum atomic E-state index is 12.1. The normalized spacial score (nSPS) is 14.1. The summed E-state index contributed by atoms with van der Waals surface area (Å²) in [4.78, 5) is 12.1. The zero-order valence-electron chi connectivity index (χ0n) is 12.9. The zero-order chi connectivity index (χ0) is 15.0. The molecular weight excluding hydrogens is 248 g/mol. The summed E-state index contributed by atoms with van der Waals surface area (Å²) < 4.78 is 0. The van der Waals surface area contributed by atoms with Gasteiger partial charge in [0, 0.05) is 6.04 Å². The van der Waals surface area contributed by atoms with Gasteiger partial charge in [-0.15, -0.1) is 0 Å². The molecule has 0 bridgehead atoms. The number of aryl methyl sites for hydroxylation is 1. The number of carbonyl (C=O) groups excluding carboxylic acids is 1. The summed E-state index contributed by atoms with van der Waals surface area (Å²) in [5.74, 6) is 0.501. The van der Waals surface area contributed by atoms with Crippen LogP contribution in [0.2, 0.25) is 0 Å². The number of hydrogen-bond acceptors (Lipinski definition) is 2. The molecule has 0 saturated heterocycles. The fraction of sp³-hybridized carbons (Fsp3) is 0.588. The van der Waals surface area contributed by atoms with E-state index in [1.807, 2.05) is 18.2 Å². The second kappa shape index (κ2) is 8.75. The summed E-state index contributed by atoms with van der Waals surface area (Å²) in [7, 11) is 0. The van der Waals surface area contributed by atoms with Gasteiger partial charge in [-0.1, -0.05) is 57.0 Å². The van der Waals surface area contributed by atoms with E-state index in [1.165, 1.54) is 5.56 Å². The van der Waals surface area contributed by atoms with Crippen molar-refractivity contribution in [1.82, 2.24) is 5.32 Å². The van der Waals surface area contributed by atoms with Gasteiger partial charge >= 0.3 is 0 Å². The maximum Gasteiger partial charge on any atom is 0.237 e. The minimum Gasteiger partial charge on any atom is -0.352 e. The first-order valence-corrected chi connectivity index (χ1v) is 7.68. The van der Waals surface area contributed by atoms with Gasteiger partial charge < -0.3 is 11.1 Å². The Labute approximate surface area is 122 Å². The number of nitrogens with two attached hydrogens (primary N) is 1. The van der Waals surface area contributed by atoms with Crippen LogP contribution in [-0.2, 0) is 11.2 Å². The van der Waals surface area contributed by atoms with Crippen molar-refractivity contribution in [1.29, 1.82) is 0 Å². The van der Waals surface area contributed by atoms with Crippen LogP contribution in [0.5, 0.6) is 0 Å². The second-order valence-corrected chi connectivity index (χ2v) is 5.50. The molecule has 0 aromatic heterocycles. The van der Waals surface area contributed by atoms with Crippen LogP contribution >= 0.6 is 0 Å². The molecule has 20 heavy (non-hydrogen) atoms. The highest BCUT2D eigenvalue weighted by atomic mass is 16.2. The molecule has 0 spiro atoms. The average molecular weight is 276 g/mol. The minimum absolute atomic E-state index is 0.0275. The third-order valence-electron chi connectivity index (χ3n) is 4.05. The molecule has 0 aliphatic rings. The molecule has 112 valence electrons. The monoisotopic (exact) mass is 276 g/mol. The fourth-order valence-electron chi connectivity index (χ4n) is 2.54. The van der Waals surface area contributed by atoms with Crippen molar-refractivity contribution in [2.75, 3.05) is 0 Å². The first-order valence-electron chi connectivity index (χ1n) is 7.68. The van der Waals surface area contributed by atoms with E-state index in [-0.39, 0.29) is 11.9 Å².